The predicted octanol–water partition coefficient (Wildman–Crippen LogP) is 4.54. The topological polar surface area (TPSA) is 55.4 Å². The lowest BCUT2D eigenvalue weighted by molar-refractivity contribution is -0.235. The molecule has 3 heterocycles. The molecule has 6 heteroatoms. The maximum Gasteiger partial charge on any atom is 0.190 e. The standard InChI is InChI=1S/C24H40O6/c1-6-7-8-9-10-11-12-13-14-15-16-25-20-19(18-17-26-23(2,3)28-18)27-22-21(20)29-24(4,5)30-22/h18-22H,6-13,16-17H2,1-5H3/t18-,19-,20+,21-,22-/m1/s1. The third-order valence-electron chi connectivity index (χ3n) is 5.80. The van der Waals surface area contributed by atoms with Gasteiger partial charge in [0.15, 0.2) is 17.9 Å². The molecular formula is C24H40O6. The van der Waals surface area contributed by atoms with Crippen LogP contribution in [0, 0.1) is 11.8 Å². The fraction of sp³-hybridized carbons (Fsp3) is 0.917. The summed E-state index contributed by atoms with van der Waals surface area (Å²) >= 11 is 0. The molecule has 30 heavy (non-hydrogen) atoms. The smallest absolute Gasteiger partial charge is 0.190 e. The first kappa shape index (κ1) is 24.0. The highest BCUT2D eigenvalue weighted by atomic mass is 16.8. The Hall–Kier alpha value is -0.680. The van der Waals surface area contributed by atoms with E-state index in [9.17, 15) is 0 Å². The SMILES string of the molecule is CCCCCCCCCC#CCO[C@@H]1[C@H]2OC(C)(C)O[C@H]2O[C@@H]1[C@H]1COC(C)(C)O1. The summed E-state index contributed by atoms with van der Waals surface area (Å²) in [7, 11) is 0. The fourth-order valence-corrected chi connectivity index (χ4v) is 4.32. The summed E-state index contributed by atoms with van der Waals surface area (Å²) in [5, 5.41) is 0. The van der Waals surface area contributed by atoms with Gasteiger partial charge < -0.3 is 28.4 Å². The van der Waals surface area contributed by atoms with E-state index >= 15 is 0 Å². The molecule has 0 saturated carbocycles. The second-order valence-corrected chi connectivity index (χ2v) is 9.44. The van der Waals surface area contributed by atoms with Crippen LogP contribution in [0.1, 0.15) is 86.0 Å². The predicted molar refractivity (Wildman–Crippen MR) is 114 cm³/mol. The summed E-state index contributed by atoms with van der Waals surface area (Å²) < 4.78 is 36.0. The molecule has 0 N–H and O–H groups in total. The summed E-state index contributed by atoms with van der Waals surface area (Å²) in [6.07, 6.45) is 8.45. The molecule has 0 aromatic heterocycles. The van der Waals surface area contributed by atoms with Gasteiger partial charge in [-0.05, 0) is 34.1 Å². The number of fused-ring (bicyclic) bond motifs is 1. The quantitative estimate of drug-likeness (QED) is 0.379. The highest BCUT2D eigenvalue weighted by Gasteiger charge is 2.58. The van der Waals surface area contributed by atoms with Crippen LogP contribution >= 0.6 is 0 Å². The average molecular weight is 425 g/mol. The van der Waals surface area contributed by atoms with Crippen molar-refractivity contribution in [1.29, 1.82) is 0 Å². The van der Waals surface area contributed by atoms with Gasteiger partial charge in [0.1, 0.15) is 31.0 Å². The van der Waals surface area contributed by atoms with E-state index in [0.29, 0.717) is 13.2 Å². The first-order chi connectivity index (χ1) is 14.3. The van der Waals surface area contributed by atoms with Gasteiger partial charge in [0.25, 0.3) is 0 Å². The molecule has 3 rings (SSSR count). The minimum absolute atomic E-state index is 0.216. The van der Waals surface area contributed by atoms with Crippen molar-refractivity contribution < 1.29 is 28.4 Å². The molecule has 0 aromatic carbocycles. The lowest BCUT2D eigenvalue weighted by atomic mass is 10.1. The van der Waals surface area contributed by atoms with Crippen LogP contribution in [-0.4, -0.2) is 55.5 Å². The Balaban J connectivity index is 1.44. The van der Waals surface area contributed by atoms with Crippen molar-refractivity contribution in [2.45, 2.75) is 128 Å². The number of unbranched alkanes of at least 4 members (excludes halogenated alkanes) is 7. The molecule has 0 bridgehead atoms. The van der Waals surface area contributed by atoms with Crippen LogP contribution in [0.25, 0.3) is 0 Å². The number of ether oxygens (including phenoxy) is 6. The molecule has 0 radical (unpaired) electrons. The van der Waals surface area contributed by atoms with Gasteiger partial charge in [-0.1, -0.05) is 51.4 Å². The summed E-state index contributed by atoms with van der Waals surface area (Å²) in [5.41, 5.74) is 0. The number of rotatable bonds is 10. The maximum atomic E-state index is 6.14. The average Bonchev–Trinajstić information content (AvgIpc) is 3.29. The van der Waals surface area contributed by atoms with Crippen LogP contribution in [0.5, 0.6) is 0 Å². The van der Waals surface area contributed by atoms with E-state index in [2.05, 4.69) is 18.8 Å². The van der Waals surface area contributed by atoms with Crippen LogP contribution in [0.3, 0.4) is 0 Å². The second kappa shape index (κ2) is 10.8. The summed E-state index contributed by atoms with van der Waals surface area (Å²) in [6.45, 7) is 10.7. The zero-order chi connectivity index (χ0) is 21.6. The van der Waals surface area contributed by atoms with Crippen LogP contribution < -0.4 is 0 Å². The van der Waals surface area contributed by atoms with Gasteiger partial charge in [-0.15, -0.1) is 5.92 Å². The van der Waals surface area contributed by atoms with Crippen molar-refractivity contribution in [2.75, 3.05) is 13.2 Å². The largest absolute Gasteiger partial charge is 0.360 e. The van der Waals surface area contributed by atoms with Crippen molar-refractivity contribution in [3.8, 4) is 11.8 Å². The lowest BCUT2D eigenvalue weighted by Gasteiger charge is -2.28. The minimum atomic E-state index is -0.684. The Bertz CT molecular complexity index is 592. The van der Waals surface area contributed by atoms with Crippen molar-refractivity contribution in [1.82, 2.24) is 0 Å². The van der Waals surface area contributed by atoms with E-state index in [1.165, 1.54) is 38.5 Å². The first-order valence-electron chi connectivity index (χ1n) is 11.7. The van der Waals surface area contributed by atoms with Crippen molar-refractivity contribution >= 4 is 0 Å². The Kier molecular flexibility index (Phi) is 8.60. The molecular weight excluding hydrogens is 384 g/mol. The second-order valence-electron chi connectivity index (χ2n) is 9.44. The molecule has 0 unspecified atom stereocenters. The number of hydrogen-bond acceptors (Lipinski definition) is 6. The van der Waals surface area contributed by atoms with E-state index in [4.69, 9.17) is 28.4 Å². The third kappa shape index (κ3) is 6.66. The third-order valence-corrected chi connectivity index (χ3v) is 5.80. The molecule has 0 aromatic rings. The fourth-order valence-electron chi connectivity index (χ4n) is 4.32. The molecule has 3 saturated heterocycles. The van der Waals surface area contributed by atoms with Gasteiger partial charge in [0.2, 0.25) is 0 Å². The molecule has 3 aliphatic rings. The van der Waals surface area contributed by atoms with Gasteiger partial charge in [0.05, 0.1) is 6.61 Å². The molecule has 3 fully saturated rings. The summed E-state index contributed by atoms with van der Waals surface area (Å²) in [5.74, 6) is 5.10. The van der Waals surface area contributed by atoms with Gasteiger partial charge in [-0.25, -0.2) is 0 Å². The molecule has 0 amide bonds. The van der Waals surface area contributed by atoms with Crippen molar-refractivity contribution in [2.24, 2.45) is 0 Å². The van der Waals surface area contributed by atoms with Gasteiger partial charge in [-0.2, -0.15) is 0 Å². The van der Waals surface area contributed by atoms with Crippen molar-refractivity contribution in [3.05, 3.63) is 0 Å². The normalized spacial score (nSPS) is 34.0. The summed E-state index contributed by atoms with van der Waals surface area (Å²) in [6, 6.07) is 0. The molecule has 0 spiro atoms. The monoisotopic (exact) mass is 424 g/mol. The van der Waals surface area contributed by atoms with Crippen LogP contribution in [-0.2, 0) is 28.4 Å². The zero-order valence-corrected chi connectivity index (χ0v) is 19.4. The number of hydrogen-bond donors (Lipinski definition) is 0. The molecule has 0 aliphatic carbocycles. The zero-order valence-electron chi connectivity index (χ0n) is 19.4. The molecule has 6 nitrogen and oxygen atoms in total. The highest BCUT2D eigenvalue weighted by molar-refractivity contribution is 5.02. The van der Waals surface area contributed by atoms with Gasteiger partial charge in [0, 0.05) is 6.42 Å². The van der Waals surface area contributed by atoms with E-state index in [0.717, 1.165) is 12.8 Å². The molecule has 3 aliphatic heterocycles. The Morgan fingerprint density at radius 3 is 2.27 bits per heavy atom. The van der Waals surface area contributed by atoms with Crippen LogP contribution in [0.15, 0.2) is 0 Å². The lowest BCUT2D eigenvalue weighted by Crippen LogP contribution is -2.44. The Morgan fingerprint density at radius 1 is 0.833 bits per heavy atom. The highest BCUT2D eigenvalue weighted by Crippen LogP contribution is 2.41. The van der Waals surface area contributed by atoms with Crippen molar-refractivity contribution in [3.63, 3.8) is 0 Å². The van der Waals surface area contributed by atoms with Gasteiger partial charge >= 0.3 is 0 Å². The Morgan fingerprint density at radius 2 is 1.57 bits per heavy atom. The van der Waals surface area contributed by atoms with E-state index in [1.54, 1.807) is 0 Å². The summed E-state index contributed by atoms with van der Waals surface area (Å²) in [4.78, 5) is 0. The van der Waals surface area contributed by atoms with Crippen LogP contribution in [0.4, 0.5) is 0 Å². The van der Waals surface area contributed by atoms with E-state index in [-0.39, 0.29) is 24.4 Å². The molecule has 172 valence electrons. The van der Waals surface area contributed by atoms with Crippen LogP contribution in [0.2, 0.25) is 0 Å². The van der Waals surface area contributed by atoms with E-state index < -0.39 is 17.9 Å². The minimum Gasteiger partial charge on any atom is -0.360 e. The van der Waals surface area contributed by atoms with E-state index in [1.807, 2.05) is 27.7 Å². The van der Waals surface area contributed by atoms with Gasteiger partial charge in [-0.3, -0.25) is 0 Å². The Labute approximate surface area is 182 Å². The first-order valence-corrected chi connectivity index (χ1v) is 11.7. The maximum absolute atomic E-state index is 6.14. The molecule has 5 atom stereocenters.